The van der Waals surface area contributed by atoms with Crippen LogP contribution in [0.2, 0.25) is 0 Å². The highest BCUT2D eigenvalue weighted by molar-refractivity contribution is 5.75. The Morgan fingerprint density at radius 3 is 2.19 bits per heavy atom. The SMILES string of the molecule is COc1cc(C(C)OC(=O)NCC(O)COCCOCC(O)CNCC(O)C2CCCCCCC2)c([N+](=O)[O-])cc1OCCCC(=O)NCCC(C)(C)OCCC(C)(C)n1cc(CCCCNC(C)=O)nn1. The number of ether oxygens (including phenoxy) is 6. The number of nitrogens with one attached hydrogen (secondary N) is 4. The molecule has 0 saturated heterocycles. The molecule has 2 aromatic rings. The number of methoxy groups -OCH3 is 1. The van der Waals surface area contributed by atoms with E-state index in [2.05, 4.69) is 45.4 Å². The molecule has 1 aromatic carbocycles. The number of amides is 3. The number of hydrogen-bond acceptors (Lipinski definition) is 17. The minimum Gasteiger partial charge on any atom is -0.493 e. The van der Waals surface area contributed by atoms with Crippen LogP contribution < -0.4 is 30.7 Å². The van der Waals surface area contributed by atoms with Crippen molar-refractivity contribution in [2.75, 3.05) is 79.5 Å². The fraction of sp³-hybridized carbons (Fsp3) is 0.780. The summed E-state index contributed by atoms with van der Waals surface area (Å²) in [7, 11) is 1.37. The summed E-state index contributed by atoms with van der Waals surface area (Å²) < 4.78 is 35.6. The number of benzene rings is 1. The molecule has 0 radical (unpaired) electrons. The summed E-state index contributed by atoms with van der Waals surface area (Å²) >= 11 is 0. The van der Waals surface area contributed by atoms with Gasteiger partial charge in [0.05, 0.1) is 91.8 Å². The lowest BCUT2D eigenvalue weighted by Gasteiger charge is -2.29. The van der Waals surface area contributed by atoms with Gasteiger partial charge in [0.2, 0.25) is 11.8 Å². The Morgan fingerprint density at radius 1 is 0.847 bits per heavy atom. The largest absolute Gasteiger partial charge is 0.493 e. The summed E-state index contributed by atoms with van der Waals surface area (Å²) in [5, 5.41) is 63.1. The highest BCUT2D eigenvalue weighted by Crippen LogP contribution is 2.38. The summed E-state index contributed by atoms with van der Waals surface area (Å²) in [6.07, 6.45) is 10.0. The van der Waals surface area contributed by atoms with Gasteiger partial charge in [0.15, 0.2) is 11.5 Å². The molecular formula is C50H86N8O14. The first kappa shape index (κ1) is 61.6. The predicted molar refractivity (Wildman–Crippen MR) is 269 cm³/mol. The number of alkyl carbamates (subject to hydrolysis) is 1. The molecule has 4 atom stereocenters. The van der Waals surface area contributed by atoms with Crippen molar-refractivity contribution in [3.63, 3.8) is 0 Å². The number of hydrogen-bond donors (Lipinski definition) is 7. The Bertz CT molecular complexity index is 1890. The molecule has 410 valence electrons. The number of aryl methyl sites for hydroxylation is 1. The number of carbonyl (C=O) groups is 3. The van der Waals surface area contributed by atoms with Crippen LogP contribution in [0.25, 0.3) is 0 Å². The smallest absolute Gasteiger partial charge is 0.407 e. The molecule has 1 aliphatic rings. The zero-order valence-corrected chi connectivity index (χ0v) is 43.9. The number of carbonyl (C=O) groups excluding carboxylic acids is 3. The monoisotopic (exact) mass is 1020 g/mol. The first-order chi connectivity index (χ1) is 34.3. The van der Waals surface area contributed by atoms with E-state index in [1.807, 2.05) is 24.7 Å². The molecule has 72 heavy (non-hydrogen) atoms. The van der Waals surface area contributed by atoms with Crippen molar-refractivity contribution >= 4 is 23.6 Å². The molecule has 7 N–H and O–H groups in total. The van der Waals surface area contributed by atoms with Crippen LogP contribution in [0, 0.1) is 16.0 Å². The quantitative estimate of drug-likeness (QED) is 0.0274. The van der Waals surface area contributed by atoms with Crippen LogP contribution in [0.15, 0.2) is 18.3 Å². The van der Waals surface area contributed by atoms with Crippen molar-refractivity contribution < 1.29 is 63.0 Å². The van der Waals surface area contributed by atoms with Gasteiger partial charge in [0.25, 0.3) is 5.69 Å². The van der Waals surface area contributed by atoms with Gasteiger partial charge in [0.1, 0.15) is 6.10 Å². The van der Waals surface area contributed by atoms with Gasteiger partial charge in [-0.2, -0.15) is 0 Å². The molecule has 1 aromatic heterocycles. The third kappa shape index (κ3) is 24.8. The predicted octanol–water partition coefficient (Wildman–Crippen LogP) is 4.79. The normalized spacial score (nSPS) is 15.4. The van der Waals surface area contributed by atoms with Crippen LogP contribution in [0.5, 0.6) is 11.5 Å². The number of nitrogens with zero attached hydrogens (tertiary/aromatic N) is 4. The Balaban J connectivity index is 1.29. The molecule has 1 aliphatic carbocycles. The van der Waals surface area contributed by atoms with E-state index in [1.165, 1.54) is 52.4 Å². The first-order valence-corrected chi connectivity index (χ1v) is 25.7. The Hall–Kier alpha value is -4.71. The average molecular weight is 1020 g/mol. The fourth-order valence-corrected chi connectivity index (χ4v) is 8.07. The van der Waals surface area contributed by atoms with Gasteiger partial charge < -0.3 is 65.0 Å². The lowest BCUT2D eigenvalue weighted by molar-refractivity contribution is -0.386. The van der Waals surface area contributed by atoms with Crippen molar-refractivity contribution in [3.8, 4) is 11.5 Å². The second kappa shape index (κ2) is 33.2. The van der Waals surface area contributed by atoms with Gasteiger partial charge in [-0.25, -0.2) is 9.48 Å². The van der Waals surface area contributed by atoms with E-state index in [9.17, 15) is 39.8 Å². The van der Waals surface area contributed by atoms with Gasteiger partial charge >= 0.3 is 6.09 Å². The molecule has 3 amide bonds. The summed E-state index contributed by atoms with van der Waals surface area (Å²) in [5.41, 5.74) is -0.248. The van der Waals surface area contributed by atoms with Crippen molar-refractivity contribution in [1.29, 1.82) is 0 Å². The van der Waals surface area contributed by atoms with Crippen molar-refractivity contribution in [1.82, 2.24) is 36.3 Å². The van der Waals surface area contributed by atoms with Gasteiger partial charge in [-0.3, -0.25) is 19.7 Å². The number of nitro groups is 1. The summed E-state index contributed by atoms with van der Waals surface area (Å²) in [6.45, 7) is 13.4. The molecule has 1 saturated carbocycles. The summed E-state index contributed by atoms with van der Waals surface area (Å²) in [5.74, 6) is 0.323. The van der Waals surface area contributed by atoms with Gasteiger partial charge in [-0.05, 0) is 98.0 Å². The summed E-state index contributed by atoms with van der Waals surface area (Å²) in [6, 6.07) is 2.55. The molecule has 4 unspecified atom stereocenters. The molecule has 22 nitrogen and oxygen atoms in total. The van der Waals surface area contributed by atoms with Crippen molar-refractivity contribution in [2.24, 2.45) is 5.92 Å². The fourth-order valence-electron chi connectivity index (χ4n) is 8.07. The second-order valence-electron chi connectivity index (χ2n) is 19.9. The third-order valence-corrected chi connectivity index (χ3v) is 12.6. The second-order valence-corrected chi connectivity index (χ2v) is 19.9. The number of aliphatic hydroxyl groups excluding tert-OH is 3. The summed E-state index contributed by atoms with van der Waals surface area (Å²) in [4.78, 5) is 47.8. The molecule has 3 rings (SSSR count). The van der Waals surface area contributed by atoms with E-state index in [1.54, 1.807) is 0 Å². The lowest BCUT2D eigenvalue weighted by Crippen LogP contribution is -2.38. The molecule has 0 aliphatic heterocycles. The number of aliphatic hydroxyl groups is 3. The van der Waals surface area contributed by atoms with Crippen molar-refractivity contribution in [2.45, 2.75) is 167 Å². The Morgan fingerprint density at radius 2 is 1.53 bits per heavy atom. The van der Waals surface area contributed by atoms with E-state index >= 15 is 0 Å². The third-order valence-electron chi connectivity index (χ3n) is 12.6. The lowest BCUT2D eigenvalue weighted by atomic mass is 9.87. The van der Waals surface area contributed by atoms with Gasteiger partial charge in [-0.1, -0.05) is 37.3 Å². The highest BCUT2D eigenvalue weighted by Gasteiger charge is 2.28. The maximum Gasteiger partial charge on any atom is 0.407 e. The molecule has 1 fully saturated rings. The maximum atomic E-state index is 12.7. The molecule has 0 bridgehead atoms. The zero-order chi connectivity index (χ0) is 52.9. The highest BCUT2D eigenvalue weighted by atomic mass is 16.6. The number of aromatic nitrogens is 3. The van der Waals surface area contributed by atoms with Crippen LogP contribution in [-0.4, -0.2) is 157 Å². The Kier molecular flexibility index (Phi) is 28.4. The topological polar surface area (TPSA) is 289 Å². The van der Waals surface area contributed by atoms with Crippen LogP contribution in [0.4, 0.5) is 10.5 Å². The molecule has 22 heteroatoms. The number of unbranched alkanes of at least 4 members (excludes halogenated alkanes) is 1. The zero-order valence-electron chi connectivity index (χ0n) is 43.9. The minimum absolute atomic E-state index is 0.0328. The van der Waals surface area contributed by atoms with E-state index in [4.69, 9.17) is 28.4 Å². The standard InChI is InChI=1S/C50H86N8O14/c1-36(72-48(64)54-31-41(61)35-69-27-26-68-34-40(60)30-51-32-44(62)38-16-11-9-8-10-12-17-38)42-28-45(67-7)46(29-43(42)58(65)66)70-24-15-19-47(63)53-23-20-50(5,6)71-25-21-49(3,4)57-33-39(55-56-57)18-13-14-22-52-37(2)59/h28-29,33,36,38,40-41,44,51,60-62H,8-27,30-32,34-35H2,1-7H3,(H,52,59)(H,53,63)(H,54,64). The van der Waals surface area contributed by atoms with E-state index in [0.717, 1.165) is 50.6 Å². The van der Waals surface area contributed by atoms with E-state index in [0.29, 0.717) is 45.5 Å². The maximum absolute atomic E-state index is 12.7. The minimum atomic E-state index is -1.09. The molecule has 1 heterocycles. The van der Waals surface area contributed by atoms with Crippen LogP contribution in [0.1, 0.15) is 142 Å². The van der Waals surface area contributed by atoms with E-state index < -0.39 is 41.0 Å². The van der Waals surface area contributed by atoms with Crippen LogP contribution >= 0.6 is 0 Å². The number of rotatable bonds is 36. The van der Waals surface area contributed by atoms with Crippen molar-refractivity contribution in [3.05, 3.63) is 39.7 Å². The number of nitro benzene ring substituents is 1. The van der Waals surface area contributed by atoms with E-state index in [-0.39, 0.29) is 98.6 Å². The van der Waals surface area contributed by atoms with Crippen LogP contribution in [-0.2, 0) is 40.5 Å². The molecular weight excluding hydrogens is 937 g/mol. The van der Waals surface area contributed by atoms with Crippen LogP contribution in [0.3, 0.4) is 0 Å². The van der Waals surface area contributed by atoms with Gasteiger partial charge in [0, 0.05) is 58.9 Å². The first-order valence-electron chi connectivity index (χ1n) is 25.7. The molecule has 0 spiro atoms. The Labute approximate surface area is 425 Å². The van der Waals surface area contributed by atoms with Gasteiger partial charge in [-0.15, -0.1) is 5.10 Å². The average Bonchev–Trinajstić information content (AvgIpc) is 3.80.